The Morgan fingerprint density at radius 1 is 1.08 bits per heavy atom. The molecule has 1 aromatic carbocycles. The van der Waals surface area contributed by atoms with Gasteiger partial charge < -0.3 is 0 Å². The first-order chi connectivity index (χ1) is 11.9. The molecule has 0 atom stereocenters. The van der Waals surface area contributed by atoms with Gasteiger partial charge in [-0.25, -0.2) is 13.4 Å². The Bertz CT molecular complexity index is 1040. The lowest BCUT2D eigenvalue weighted by Gasteiger charge is -2.07. The topological polar surface area (TPSA) is 68.5 Å². The highest BCUT2D eigenvalue weighted by Gasteiger charge is 2.14. The third-order valence-corrected chi connectivity index (χ3v) is 5.64. The first-order valence-corrected chi connectivity index (χ1v) is 9.98. The van der Waals surface area contributed by atoms with Crippen molar-refractivity contribution in [2.24, 2.45) is 0 Å². The van der Waals surface area contributed by atoms with Crippen LogP contribution in [0.25, 0.3) is 5.65 Å². The predicted octanol–water partition coefficient (Wildman–Crippen LogP) is 2.55. The fourth-order valence-electron chi connectivity index (χ4n) is 2.77. The summed E-state index contributed by atoms with van der Waals surface area (Å²) in [5.74, 6) is -0.127. The second-order valence-corrected chi connectivity index (χ2v) is 8.39. The van der Waals surface area contributed by atoms with Gasteiger partial charge in [-0.15, -0.1) is 0 Å². The normalized spacial score (nSPS) is 11.7. The molecular formula is C19H20N2O3S. The predicted molar refractivity (Wildman–Crippen MR) is 98.5 cm³/mol. The molecule has 0 saturated carbocycles. The number of fused-ring (bicyclic) bond motifs is 1. The van der Waals surface area contributed by atoms with Crippen molar-refractivity contribution in [3.05, 3.63) is 81.9 Å². The Labute approximate surface area is 146 Å². The molecule has 0 amide bonds. The molecule has 0 spiro atoms. The number of pyridine rings is 1. The molecule has 2 heterocycles. The van der Waals surface area contributed by atoms with Crippen LogP contribution in [-0.2, 0) is 22.0 Å². The van der Waals surface area contributed by atoms with Gasteiger partial charge in [0.2, 0.25) is 0 Å². The van der Waals surface area contributed by atoms with E-state index < -0.39 is 9.84 Å². The average Bonchev–Trinajstić information content (AvgIpc) is 2.56. The van der Waals surface area contributed by atoms with E-state index in [0.29, 0.717) is 24.2 Å². The fourth-order valence-corrected chi connectivity index (χ4v) is 4.10. The number of aryl methyl sites for hydroxylation is 2. The van der Waals surface area contributed by atoms with Gasteiger partial charge in [0, 0.05) is 12.3 Å². The summed E-state index contributed by atoms with van der Waals surface area (Å²) < 4.78 is 26.1. The Hall–Kier alpha value is -2.47. The van der Waals surface area contributed by atoms with Crippen molar-refractivity contribution in [2.45, 2.75) is 25.5 Å². The number of nitrogens with zero attached hydrogens (tertiary/aromatic N) is 2. The van der Waals surface area contributed by atoms with Gasteiger partial charge in [-0.05, 0) is 37.0 Å². The maximum absolute atomic E-state index is 12.3. The minimum atomic E-state index is -3.31. The molecule has 0 unspecified atom stereocenters. The van der Waals surface area contributed by atoms with Crippen LogP contribution < -0.4 is 5.56 Å². The van der Waals surface area contributed by atoms with Gasteiger partial charge in [-0.3, -0.25) is 9.20 Å². The lowest BCUT2D eigenvalue weighted by atomic mass is 10.1. The first kappa shape index (κ1) is 17.4. The summed E-state index contributed by atoms with van der Waals surface area (Å²) in [7, 11) is -3.31. The highest BCUT2D eigenvalue weighted by molar-refractivity contribution is 7.90. The Kier molecular flexibility index (Phi) is 4.99. The summed E-state index contributed by atoms with van der Waals surface area (Å²) >= 11 is 0. The second-order valence-electron chi connectivity index (χ2n) is 6.20. The van der Waals surface area contributed by atoms with Crippen molar-refractivity contribution < 1.29 is 8.42 Å². The number of benzene rings is 1. The quantitative estimate of drug-likeness (QED) is 0.681. The fraction of sp³-hybridized carbons (Fsp3) is 0.263. The van der Waals surface area contributed by atoms with E-state index in [-0.39, 0.29) is 17.1 Å². The second kappa shape index (κ2) is 7.19. The van der Waals surface area contributed by atoms with Crippen molar-refractivity contribution in [3.63, 3.8) is 0 Å². The van der Waals surface area contributed by atoms with Gasteiger partial charge in [0.15, 0.2) is 9.84 Å². The van der Waals surface area contributed by atoms with E-state index in [0.717, 1.165) is 11.1 Å². The molecule has 25 heavy (non-hydrogen) atoms. The molecule has 0 bridgehead atoms. The zero-order valence-electron chi connectivity index (χ0n) is 14.1. The lowest BCUT2D eigenvalue weighted by molar-refractivity contribution is 0.592. The van der Waals surface area contributed by atoms with E-state index in [4.69, 9.17) is 0 Å². The molecule has 2 aromatic heterocycles. The summed E-state index contributed by atoms with van der Waals surface area (Å²) in [5, 5.41) is 0. The van der Waals surface area contributed by atoms with Crippen LogP contribution in [0.3, 0.4) is 0 Å². The molecule has 0 radical (unpaired) electrons. The molecule has 0 aliphatic rings. The highest BCUT2D eigenvalue weighted by atomic mass is 32.2. The molecule has 5 nitrogen and oxygen atoms in total. The zero-order chi connectivity index (χ0) is 17.9. The van der Waals surface area contributed by atoms with Crippen LogP contribution >= 0.6 is 0 Å². The van der Waals surface area contributed by atoms with E-state index >= 15 is 0 Å². The van der Waals surface area contributed by atoms with Gasteiger partial charge in [0.25, 0.3) is 5.56 Å². The van der Waals surface area contributed by atoms with Crippen molar-refractivity contribution in [1.82, 2.24) is 9.38 Å². The van der Waals surface area contributed by atoms with E-state index in [1.807, 2.05) is 43.3 Å². The Morgan fingerprint density at radius 2 is 1.84 bits per heavy atom. The van der Waals surface area contributed by atoms with Gasteiger partial charge >= 0.3 is 0 Å². The number of hydrogen-bond acceptors (Lipinski definition) is 4. The average molecular weight is 356 g/mol. The molecule has 0 fully saturated rings. The van der Waals surface area contributed by atoms with Crippen LogP contribution in [0.15, 0.2) is 59.5 Å². The largest absolute Gasteiger partial charge is 0.269 e. The molecule has 0 aliphatic carbocycles. The molecular weight excluding hydrogens is 336 g/mol. The lowest BCUT2D eigenvalue weighted by Crippen LogP contribution is -2.18. The summed E-state index contributed by atoms with van der Waals surface area (Å²) in [4.78, 5) is 16.5. The van der Waals surface area contributed by atoms with Gasteiger partial charge in [-0.1, -0.05) is 36.4 Å². The van der Waals surface area contributed by atoms with E-state index in [2.05, 4.69) is 4.98 Å². The third-order valence-electron chi connectivity index (χ3n) is 3.99. The molecule has 0 aliphatic heterocycles. The molecule has 3 aromatic rings. The van der Waals surface area contributed by atoms with Crippen LogP contribution in [-0.4, -0.2) is 23.6 Å². The van der Waals surface area contributed by atoms with Crippen molar-refractivity contribution in [3.8, 4) is 0 Å². The van der Waals surface area contributed by atoms with Crippen LogP contribution in [0.1, 0.15) is 23.2 Å². The summed E-state index contributed by atoms with van der Waals surface area (Å²) in [6.07, 6.45) is 2.97. The van der Waals surface area contributed by atoms with Gasteiger partial charge in [0.1, 0.15) is 5.65 Å². The van der Waals surface area contributed by atoms with Crippen LogP contribution in [0.2, 0.25) is 0 Å². The van der Waals surface area contributed by atoms with Gasteiger partial charge in [-0.2, -0.15) is 0 Å². The molecule has 6 heteroatoms. The Balaban J connectivity index is 1.71. The van der Waals surface area contributed by atoms with Crippen molar-refractivity contribution in [2.75, 3.05) is 5.75 Å². The van der Waals surface area contributed by atoms with Gasteiger partial charge in [0.05, 0.1) is 17.2 Å². The number of rotatable bonds is 6. The van der Waals surface area contributed by atoms with E-state index in [1.54, 1.807) is 12.3 Å². The monoisotopic (exact) mass is 356 g/mol. The number of aromatic nitrogens is 2. The van der Waals surface area contributed by atoms with Crippen molar-refractivity contribution >= 4 is 15.5 Å². The Morgan fingerprint density at radius 3 is 2.60 bits per heavy atom. The minimum absolute atomic E-state index is 0.0802. The third kappa shape index (κ3) is 4.54. The van der Waals surface area contributed by atoms with E-state index in [1.165, 1.54) is 10.5 Å². The van der Waals surface area contributed by atoms with Crippen LogP contribution in [0, 0.1) is 6.92 Å². The standard InChI is InChI=1S/C19H20N2O3S/c1-15-9-10-18-20-17(12-19(22)21(18)13-15)14-25(23,24)11-5-8-16-6-3-2-4-7-16/h2-4,6-7,9-10,12-13H,5,8,11,14H2,1H3. The first-order valence-electron chi connectivity index (χ1n) is 8.16. The van der Waals surface area contributed by atoms with Crippen LogP contribution in [0.4, 0.5) is 0 Å². The maximum atomic E-state index is 12.3. The highest BCUT2D eigenvalue weighted by Crippen LogP contribution is 2.09. The summed E-state index contributed by atoms with van der Waals surface area (Å²) in [6.45, 7) is 1.89. The number of sulfone groups is 1. The summed E-state index contributed by atoms with van der Waals surface area (Å²) in [5.41, 5.74) is 2.57. The molecule has 130 valence electrons. The zero-order valence-corrected chi connectivity index (χ0v) is 14.9. The number of hydrogen-bond donors (Lipinski definition) is 0. The molecule has 3 rings (SSSR count). The van der Waals surface area contributed by atoms with E-state index in [9.17, 15) is 13.2 Å². The smallest absolute Gasteiger partial charge is 0.258 e. The minimum Gasteiger partial charge on any atom is -0.269 e. The molecule has 0 N–H and O–H groups in total. The maximum Gasteiger partial charge on any atom is 0.258 e. The van der Waals surface area contributed by atoms with Crippen LogP contribution in [0.5, 0.6) is 0 Å². The molecule has 0 saturated heterocycles. The van der Waals surface area contributed by atoms with Crippen molar-refractivity contribution in [1.29, 1.82) is 0 Å². The summed E-state index contributed by atoms with van der Waals surface area (Å²) in [6, 6.07) is 14.7. The SMILES string of the molecule is Cc1ccc2nc(CS(=O)(=O)CCCc3ccccc3)cc(=O)n2c1.